The summed E-state index contributed by atoms with van der Waals surface area (Å²) in [6, 6.07) is -0.535. The van der Waals surface area contributed by atoms with E-state index < -0.39 is 17.9 Å². The lowest BCUT2D eigenvalue weighted by Gasteiger charge is -2.11. The summed E-state index contributed by atoms with van der Waals surface area (Å²) in [7, 11) is 0. The Hall–Kier alpha value is -1.59. The number of ether oxygens (including phenoxy) is 1. The van der Waals surface area contributed by atoms with E-state index in [-0.39, 0.29) is 13.1 Å². The highest BCUT2D eigenvalue weighted by Gasteiger charge is 2.30. The highest BCUT2D eigenvalue weighted by molar-refractivity contribution is 6.04. The number of hydrogen-bond acceptors (Lipinski definition) is 4. The lowest BCUT2D eigenvalue weighted by molar-refractivity contribution is -0.146. The fourth-order valence-electron chi connectivity index (χ4n) is 1.12. The first-order valence-corrected chi connectivity index (χ1v) is 4.89. The molecule has 1 saturated heterocycles. The minimum absolute atomic E-state index is 0.0406. The van der Waals surface area contributed by atoms with Crippen LogP contribution in [0.2, 0.25) is 0 Å². The van der Waals surface area contributed by atoms with Crippen LogP contribution in [0, 0.1) is 0 Å². The highest BCUT2D eigenvalue weighted by Crippen LogP contribution is 1.99. The van der Waals surface area contributed by atoms with Gasteiger partial charge in [0.05, 0.1) is 13.2 Å². The number of carbonyl (C=O) groups is 3. The molecule has 0 radical (unpaired) electrons. The van der Waals surface area contributed by atoms with Crippen molar-refractivity contribution in [3.8, 4) is 0 Å². The molecule has 3 amide bonds. The third-order valence-electron chi connectivity index (χ3n) is 1.99. The third kappa shape index (κ3) is 3.23. The van der Waals surface area contributed by atoms with Gasteiger partial charge in [0.2, 0.25) is 0 Å². The first-order chi connectivity index (χ1) is 7.15. The number of nitrogens with zero attached hydrogens (tertiary/aromatic N) is 1. The predicted molar refractivity (Wildman–Crippen MR) is 51.0 cm³/mol. The number of hydrogen-bond donors (Lipinski definition) is 1. The predicted octanol–water partition coefficient (Wildman–Crippen LogP) is -0.118. The molecule has 0 atom stereocenters. The maximum atomic E-state index is 11.2. The Labute approximate surface area is 87.6 Å². The molecule has 0 aromatic rings. The van der Waals surface area contributed by atoms with E-state index in [1.807, 2.05) is 6.92 Å². The summed E-state index contributed by atoms with van der Waals surface area (Å²) in [4.78, 5) is 34.1. The SMILES string of the molecule is CCCCOC(=O)CN1C(=O)CNC1=O. The zero-order chi connectivity index (χ0) is 11.3. The lowest BCUT2D eigenvalue weighted by atomic mass is 10.4. The van der Waals surface area contributed by atoms with E-state index in [1.165, 1.54) is 0 Å². The van der Waals surface area contributed by atoms with Crippen molar-refractivity contribution in [3.05, 3.63) is 0 Å². The molecule has 1 aliphatic heterocycles. The number of esters is 1. The van der Waals surface area contributed by atoms with Crippen molar-refractivity contribution >= 4 is 17.9 Å². The van der Waals surface area contributed by atoms with Crippen LogP contribution >= 0.6 is 0 Å². The molecule has 6 heteroatoms. The molecule has 1 fully saturated rings. The molecule has 1 N–H and O–H groups in total. The molecule has 15 heavy (non-hydrogen) atoms. The van der Waals surface area contributed by atoms with Crippen molar-refractivity contribution in [1.82, 2.24) is 10.2 Å². The molecule has 6 nitrogen and oxygen atoms in total. The number of unbranched alkanes of at least 4 members (excludes halogenated alkanes) is 1. The zero-order valence-electron chi connectivity index (χ0n) is 8.62. The summed E-state index contributed by atoms with van der Waals surface area (Å²) in [6.45, 7) is 1.97. The number of nitrogens with one attached hydrogen (secondary N) is 1. The maximum Gasteiger partial charge on any atom is 0.326 e. The fourth-order valence-corrected chi connectivity index (χ4v) is 1.12. The van der Waals surface area contributed by atoms with E-state index in [4.69, 9.17) is 4.74 Å². The van der Waals surface area contributed by atoms with E-state index in [1.54, 1.807) is 0 Å². The minimum atomic E-state index is -0.547. The van der Waals surface area contributed by atoms with Gasteiger partial charge in [-0.15, -0.1) is 0 Å². The zero-order valence-corrected chi connectivity index (χ0v) is 8.62. The van der Waals surface area contributed by atoms with Crippen LogP contribution in [0.1, 0.15) is 19.8 Å². The first kappa shape index (κ1) is 11.5. The second-order valence-electron chi connectivity index (χ2n) is 3.21. The Kier molecular flexibility index (Phi) is 4.08. The smallest absolute Gasteiger partial charge is 0.326 e. The Morgan fingerprint density at radius 3 is 2.80 bits per heavy atom. The Balaban J connectivity index is 2.31. The second-order valence-corrected chi connectivity index (χ2v) is 3.21. The average Bonchev–Trinajstić information content (AvgIpc) is 2.50. The Bertz CT molecular complexity index is 261. The van der Waals surface area contributed by atoms with Crippen molar-refractivity contribution in [2.75, 3.05) is 19.7 Å². The largest absolute Gasteiger partial charge is 0.464 e. The molecule has 0 aromatic heterocycles. The number of rotatable bonds is 5. The fraction of sp³-hybridized carbons (Fsp3) is 0.667. The molecule has 1 heterocycles. The third-order valence-corrected chi connectivity index (χ3v) is 1.99. The van der Waals surface area contributed by atoms with Crippen LogP contribution in [0.3, 0.4) is 0 Å². The number of carbonyl (C=O) groups excluding carboxylic acids is 3. The van der Waals surface area contributed by atoms with Gasteiger partial charge in [0.1, 0.15) is 6.54 Å². The van der Waals surface area contributed by atoms with Gasteiger partial charge in [-0.25, -0.2) is 4.79 Å². The molecular formula is C9H14N2O4. The number of imide groups is 1. The molecule has 1 rings (SSSR count). The van der Waals surface area contributed by atoms with Crippen LogP contribution < -0.4 is 5.32 Å². The molecule has 0 aromatic carbocycles. The normalized spacial score (nSPS) is 15.4. The van der Waals surface area contributed by atoms with Crippen LogP contribution in [0.4, 0.5) is 4.79 Å². The Morgan fingerprint density at radius 1 is 1.53 bits per heavy atom. The van der Waals surface area contributed by atoms with E-state index in [9.17, 15) is 14.4 Å². The van der Waals surface area contributed by atoms with Crippen molar-refractivity contribution in [2.24, 2.45) is 0 Å². The van der Waals surface area contributed by atoms with Gasteiger partial charge in [-0.1, -0.05) is 13.3 Å². The lowest BCUT2D eigenvalue weighted by Crippen LogP contribution is -2.36. The molecule has 0 saturated carbocycles. The second kappa shape index (κ2) is 5.33. The Morgan fingerprint density at radius 2 is 2.27 bits per heavy atom. The van der Waals surface area contributed by atoms with E-state index in [2.05, 4.69) is 5.32 Å². The first-order valence-electron chi connectivity index (χ1n) is 4.89. The summed E-state index contributed by atoms with van der Waals surface area (Å²) in [5.74, 6) is -0.943. The van der Waals surface area contributed by atoms with Gasteiger partial charge in [-0.05, 0) is 6.42 Å². The molecule has 0 unspecified atom stereocenters. The molecular weight excluding hydrogens is 200 g/mol. The van der Waals surface area contributed by atoms with Gasteiger partial charge >= 0.3 is 12.0 Å². The molecule has 0 aliphatic carbocycles. The number of urea groups is 1. The van der Waals surface area contributed by atoms with E-state index >= 15 is 0 Å². The molecule has 0 spiro atoms. The van der Waals surface area contributed by atoms with Crippen LogP contribution in [0.5, 0.6) is 0 Å². The summed E-state index contributed by atoms with van der Waals surface area (Å²) in [5.41, 5.74) is 0. The topological polar surface area (TPSA) is 75.7 Å². The van der Waals surface area contributed by atoms with Crippen molar-refractivity contribution in [3.63, 3.8) is 0 Å². The molecule has 0 bridgehead atoms. The molecule has 1 aliphatic rings. The summed E-state index contributed by atoms with van der Waals surface area (Å²) in [5, 5.41) is 2.32. The quantitative estimate of drug-likeness (QED) is 0.393. The van der Waals surface area contributed by atoms with Crippen LogP contribution in [0.15, 0.2) is 0 Å². The minimum Gasteiger partial charge on any atom is -0.464 e. The maximum absolute atomic E-state index is 11.2. The van der Waals surface area contributed by atoms with Gasteiger partial charge in [-0.3, -0.25) is 14.5 Å². The van der Waals surface area contributed by atoms with Crippen LogP contribution in [0.25, 0.3) is 0 Å². The van der Waals surface area contributed by atoms with Gasteiger partial charge in [0.25, 0.3) is 5.91 Å². The summed E-state index contributed by atoms with van der Waals surface area (Å²) in [6.07, 6.45) is 1.71. The van der Waals surface area contributed by atoms with Gasteiger partial charge in [-0.2, -0.15) is 0 Å². The van der Waals surface area contributed by atoms with Gasteiger partial charge in [0.15, 0.2) is 0 Å². The monoisotopic (exact) mass is 214 g/mol. The van der Waals surface area contributed by atoms with Gasteiger partial charge in [0, 0.05) is 0 Å². The van der Waals surface area contributed by atoms with Crippen molar-refractivity contribution < 1.29 is 19.1 Å². The van der Waals surface area contributed by atoms with E-state index in [0.717, 1.165) is 17.7 Å². The summed E-state index contributed by atoms with van der Waals surface area (Å²) < 4.78 is 4.83. The standard InChI is InChI=1S/C9H14N2O4/c1-2-3-4-15-8(13)6-11-7(12)5-10-9(11)14/h2-6H2,1H3,(H,10,14). The number of amides is 3. The van der Waals surface area contributed by atoms with Gasteiger partial charge < -0.3 is 10.1 Å². The average molecular weight is 214 g/mol. The van der Waals surface area contributed by atoms with E-state index in [0.29, 0.717) is 6.61 Å². The highest BCUT2D eigenvalue weighted by atomic mass is 16.5. The molecule has 84 valence electrons. The van der Waals surface area contributed by atoms with Crippen LogP contribution in [-0.2, 0) is 14.3 Å². The van der Waals surface area contributed by atoms with Crippen LogP contribution in [-0.4, -0.2) is 42.5 Å². The van der Waals surface area contributed by atoms with Crippen molar-refractivity contribution in [1.29, 1.82) is 0 Å². The summed E-state index contributed by atoms with van der Waals surface area (Å²) >= 11 is 0. The van der Waals surface area contributed by atoms with Crippen molar-refractivity contribution in [2.45, 2.75) is 19.8 Å².